The van der Waals surface area contributed by atoms with Crippen LogP contribution in [0.3, 0.4) is 0 Å². The molecule has 112 valence electrons. The molecule has 1 heterocycles. The Balaban J connectivity index is 1.74. The molecule has 22 heavy (non-hydrogen) atoms. The topological polar surface area (TPSA) is 74.5 Å². The first kappa shape index (κ1) is 14.1. The monoisotopic (exact) mass is 297 g/mol. The van der Waals surface area contributed by atoms with Crippen LogP contribution in [-0.4, -0.2) is 24.7 Å². The summed E-state index contributed by atoms with van der Waals surface area (Å²) < 4.78 is 5.22. The summed E-state index contributed by atoms with van der Waals surface area (Å²) in [5.74, 6) is -0.152. The van der Waals surface area contributed by atoms with E-state index in [0.29, 0.717) is 6.54 Å². The lowest BCUT2D eigenvalue weighted by Crippen LogP contribution is -2.16. The van der Waals surface area contributed by atoms with E-state index in [1.165, 1.54) is 0 Å². The van der Waals surface area contributed by atoms with Gasteiger partial charge in [-0.2, -0.15) is 5.11 Å². The van der Waals surface area contributed by atoms with Gasteiger partial charge in [-0.3, -0.25) is 0 Å². The summed E-state index contributed by atoms with van der Waals surface area (Å²) in [6, 6.07) is 14.3. The maximum Gasteiger partial charge on any atom is 0.335 e. The van der Waals surface area contributed by atoms with Gasteiger partial charge in [-0.25, -0.2) is 9.80 Å². The van der Waals surface area contributed by atoms with E-state index in [4.69, 9.17) is 9.84 Å². The van der Waals surface area contributed by atoms with Gasteiger partial charge in [-0.1, -0.05) is 17.4 Å². The molecule has 0 spiro atoms. The van der Waals surface area contributed by atoms with Crippen LogP contribution in [0.2, 0.25) is 0 Å². The first-order valence-electron chi connectivity index (χ1n) is 6.83. The molecule has 0 fully saturated rings. The van der Waals surface area contributed by atoms with Crippen molar-refractivity contribution in [3.8, 4) is 5.75 Å². The molecule has 2 aromatic rings. The van der Waals surface area contributed by atoms with E-state index >= 15 is 0 Å². The Labute approximate surface area is 127 Å². The number of carbonyl (C=O) groups is 1. The first-order chi connectivity index (χ1) is 10.7. The van der Waals surface area contributed by atoms with Crippen molar-refractivity contribution in [1.82, 2.24) is 0 Å². The zero-order chi connectivity index (χ0) is 15.5. The number of hydrogen-bond acceptors (Lipinski definition) is 5. The summed E-state index contributed by atoms with van der Waals surface area (Å²) in [4.78, 5) is 10.9. The molecule has 1 aliphatic rings. The number of hydrogen-bond donors (Lipinski definition) is 1. The number of nitrogens with zero attached hydrogens (tertiary/aromatic N) is 3. The van der Waals surface area contributed by atoms with Gasteiger partial charge in [0.05, 0.1) is 24.9 Å². The fourth-order valence-electron chi connectivity index (χ4n) is 2.32. The standard InChI is InChI=1S/C16H15N3O3/c1-22-14-4-2-3-12(9-14)15-10-19(18-17-15)13-7-5-11(6-8-13)16(20)21/h2-9,15H,10H2,1H3,(H,20,21). The lowest BCUT2D eigenvalue weighted by molar-refractivity contribution is 0.0697. The first-order valence-corrected chi connectivity index (χ1v) is 6.83. The van der Waals surface area contributed by atoms with Gasteiger partial charge in [0.25, 0.3) is 0 Å². The van der Waals surface area contributed by atoms with Gasteiger partial charge in [-0.15, -0.1) is 0 Å². The molecule has 0 saturated heterocycles. The zero-order valence-electron chi connectivity index (χ0n) is 12.0. The third-order valence-corrected chi connectivity index (χ3v) is 3.54. The van der Waals surface area contributed by atoms with Gasteiger partial charge in [0, 0.05) is 0 Å². The summed E-state index contributed by atoms with van der Waals surface area (Å²) in [7, 11) is 1.63. The highest BCUT2D eigenvalue weighted by atomic mass is 16.5. The Bertz CT molecular complexity index is 713. The number of benzene rings is 2. The second-order valence-electron chi connectivity index (χ2n) is 4.93. The third kappa shape index (κ3) is 2.76. The van der Waals surface area contributed by atoms with Crippen molar-refractivity contribution in [3.05, 3.63) is 59.7 Å². The maximum atomic E-state index is 10.9. The average molecular weight is 297 g/mol. The highest BCUT2D eigenvalue weighted by molar-refractivity contribution is 5.88. The molecule has 0 aromatic heterocycles. The van der Waals surface area contributed by atoms with Crippen molar-refractivity contribution in [2.45, 2.75) is 6.04 Å². The minimum Gasteiger partial charge on any atom is -0.497 e. The van der Waals surface area contributed by atoms with E-state index in [0.717, 1.165) is 17.0 Å². The van der Waals surface area contributed by atoms with Crippen LogP contribution in [0.5, 0.6) is 5.75 Å². The van der Waals surface area contributed by atoms with E-state index in [1.807, 2.05) is 24.3 Å². The Hall–Kier alpha value is -2.89. The molecule has 2 aromatic carbocycles. The molecule has 6 nitrogen and oxygen atoms in total. The molecule has 3 rings (SSSR count). The van der Waals surface area contributed by atoms with Crippen molar-refractivity contribution in [3.63, 3.8) is 0 Å². The predicted molar refractivity (Wildman–Crippen MR) is 81.3 cm³/mol. The smallest absolute Gasteiger partial charge is 0.335 e. The van der Waals surface area contributed by atoms with Crippen LogP contribution in [0.15, 0.2) is 58.9 Å². The quantitative estimate of drug-likeness (QED) is 0.939. The average Bonchev–Trinajstić information content (AvgIpc) is 3.05. The van der Waals surface area contributed by atoms with Crippen molar-refractivity contribution < 1.29 is 14.6 Å². The number of rotatable bonds is 4. The molecule has 0 aliphatic carbocycles. The molecule has 1 atom stereocenters. The van der Waals surface area contributed by atoms with Crippen molar-refractivity contribution in [2.75, 3.05) is 18.7 Å². The van der Waals surface area contributed by atoms with E-state index in [-0.39, 0.29) is 11.6 Å². The molecular weight excluding hydrogens is 282 g/mol. The summed E-state index contributed by atoms with van der Waals surface area (Å²) in [5.41, 5.74) is 2.11. The second kappa shape index (κ2) is 5.85. The van der Waals surface area contributed by atoms with Crippen molar-refractivity contribution in [2.24, 2.45) is 10.3 Å². The normalized spacial score (nSPS) is 16.8. The van der Waals surface area contributed by atoms with Crippen LogP contribution in [-0.2, 0) is 0 Å². The highest BCUT2D eigenvalue weighted by Gasteiger charge is 2.22. The zero-order valence-corrected chi connectivity index (χ0v) is 12.0. The molecule has 0 saturated carbocycles. The molecule has 0 radical (unpaired) electrons. The number of anilines is 1. The summed E-state index contributed by atoms with van der Waals surface area (Å²) in [6.07, 6.45) is 0. The van der Waals surface area contributed by atoms with Gasteiger partial charge in [0.2, 0.25) is 0 Å². The summed E-state index contributed by atoms with van der Waals surface area (Å²) >= 11 is 0. The van der Waals surface area contributed by atoms with Crippen LogP contribution in [0, 0.1) is 0 Å². The molecule has 1 N–H and O–H groups in total. The van der Waals surface area contributed by atoms with Crippen molar-refractivity contribution in [1.29, 1.82) is 0 Å². The molecule has 0 bridgehead atoms. The van der Waals surface area contributed by atoms with Crippen LogP contribution in [0.4, 0.5) is 5.69 Å². The molecular formula is C16H15N3O3. The van der Waals surface area contributed by atoms with Gasteiger partial charge < -0.3 is 9.84 Å². The second-order valence-corrected chi connectivity index (χ2v) is 4.93. The largest absolute Gasteiger partial charge is 0.497 e. The molecule has 1 aliphatic heterocycles. The predicted octanol–water partition coefficient (Wildman–Crippen LogP) is 3.32. The fourth-order valence-corrected chi connectivity index (χ4v) is 2.32. The van der Waals surface area contributed by atoms with Gasteiger partial charge in [-0.05, 0) is 42.0 Å². The molecule has 6 heteroatoms. The Morgan fingerprint density at radius 1 is 1.27 bits per heavy atom. The molecule has 0 amide bonds. The number of methoxy groups -OCH3 is 1. The third-order valence-electron chi connectivity index (χ3n) is 3.54. The van der Waals surface area contributed by atoms with Crippen molar-refractivity contribution >= 4 is 11.7 Å². The Kier molecular flexibility index (Phi) is 3.74. The lowest BCUT2D eigenvalue weighted by atomic mass is 10.1. The fraction of sp³-hybridized carbons (Fsp3) is 0.188. The molecule has 1 unspecified atom stereocenters. The lowest BCUT2D eigenvalue weighted by Gasteiger charge is -2.14. The SMILES string of the molecule is COc1cccc(C2CN(c3ccc(C(=O)O)cc3)N=N2)c1. The maximum absolute atomic E-state index is 10.9. The van der Waals surface area contributed by atoms with E-state index in [2.05, 4.69) is 10.3 Å². The van der Waals surface area contributed by atoms with Gasteiger partial charge in [0.1, 0.15) is 11.8 Å². The number of aromatic carboxylic acids is 1. The minimum atomic E-state index is -0.941. The number of carboxylic acids is 1. The Morgan fingerprint density at radius 3 is 2.73 bits per heavy atom. The van der Waals surface area contributed by atoms with Crippen LogP contribution >= 0.6 is 0 Å². The number of ether oxygens (including phenoxy) is 1. The van der Waals surface area contributed by atoms with E-state index < -0.39 is 5.97 Å². The van der Waals surface area contributed by atoms with Crippen LogP contribution in [0.25, 0.3) is 0 Å². The van der Waals surface area contributed by atoms with Crippen LogP contribution < -0.4 is 9.75 Å². The summed E-state index contributed by atoms with van der Waals surface area (Å²) in [6.45, 7) is 0.611. The Morgan fingerprint density at radius 2 is 2.05 bits per heavy atom. The summed E-state index contributed by atoms with van der Waals surface area (Å²) in [5, 5.41) is 19.1. The highest BCUT2D eigenvalue weighted by Crippen LogP contribution is 2.30. The number of carboxylic acid groups (broad SMARTS) is 1. The van der Waals surface area contributed by atoms with Crippen LogP contribution in [0.1, 0.15) is 22.0 Å². The van der Waals surface area contributed by atoms with E-state index in [1.54, 1.807) is 36.4 Å². The van der Waals surface area contributed by atoms with E-state index in [9.17, 15) is 4.79 Å². The van der Waals surface area contributed by atoms with Gasteiger partial charge >= 0.3 is 5.97 Å². The van der Waals surface area contributed by atoms with Gasteiger partial charge in [0.15, 0.2) is 0 Å². The minimum absolute atomic E-state index is 0.0609.